The summed E-state index contributed by atoms with van der Waals surface area (Å²) in [4.78, 5) is 4.04. The molecule has 0 bridgehead atoms. The lowest BCUT2D eigenvalue weighted by Gasteiger charge is -2.06. The lowest BCUT2D eigenvalue weighted by atomic mass is 10.3. The van der Waals surface area contributed by atoms with Crippen LogP contribution in [-0.2, 0) is 0 Å². The molecule has 0 aliphatic carbocycles. The maximum atomic E-state index is 13.2. The lowest BCUT2D eigenvalue weighted by Crippen LogP contribution is -1.93. The van der Waals surface area contributed by atoms with Crippen LogP contribution in [0.25, 0.3) is 0 Å². The first kappa shape index (κ1) is 11.4. The van der Waals surface area contributed by atoms with E-state index in [0.717, 1.165) is 0 Å². The SMILES string of the molecule is Fc1cc(Nc2cccc(Cl)n2)ccc1Br. The number of hydrogen-bond donors (Lipinski definition) is 1. The summed E-state index contributed by atoms with van der Waals surface area (Å²) in [5.41, 5.74) is 0.621. The summed E-state index contributed by atoms with van der Waals surface area (Å²) in [6.45, 7) is 0. The Morgan fingerprint density at radius 2 is 2.06 bits per heavy atom. The highest BCUT2D eigenvalue weighted by Gasteiger charge is 2.01. The second-order valence-corrected chi connectivity index (χ2v) is 4.34. The Kier molecular flexibility index (Phi) is 3.41. The summed E-state index contributed by atoms with van der Waals surface area (Å²) in [5, 5.41) is 3.35. The second-order valence-electron chi connectivity index (χ2n) is 3.10. The summed E-state index contributed by atoms with van der Waals surface area (Å²) >= 11 is 8.82. The molecule has 1 aromatic heterocycles. The van der Waals surface area contributed by atoms with Gasteiger partial charge < -0.3 is 5.32 Å². The van der Waals surface area contributed by atoms with Crippen molar-refractivity contribution in [1.82, 2.24) is 4.98 Å². The average Bonchev–Trinajstić information content (AvgIpc) is 2.24. The van der Waals surface area contributed by atoms with Crippen molar-refractivity contribution < 1.29 is 4.39 Å². The van der Waals surface area contributed by atoms with Gasteiger partial charge in [0.2, 0.25) is 0 Å². The van der Waals surface area contributed by atoms with Gasteiger partial charge in [0.1, 0.15) is 16.8 Å². The van der Waals surface area contributed by atoms with Gasteiger partial charge in [-0.25, -0.2) is 9.37 Å². The summed E-state index contributed by atoms with van der Waals surface area (Å²) in [7, 11) is 0. The van der Waals surface area contributed by atoms with Crippen LogP contribution in [-0.4, -0.2) is 4.98 Å². The highest BCUT2D eigenvalue weighted by Crippen LogP contribution is 2.22. The summed E-state index contributed by atoms with van der Waals surface area (Å²) < 4.78 is 13.7. The predicted octanol–water partition coefficient (Wildman–Crippen LogP) is 4.38. The molecule has 2 rings (SSSR count). The maximum Gasteiger partial charge on any atom is 0.139 e. The molecule has 1 aromatic carbocycles. The van der Waals surface area contributed by atoms with Crippen LogP contribution in [0.4, 0.5) is 15.9 Å². The Morgan fingerprint density at radius 3 is 2.75 bits per heavy atom. The number of benzene rings is 1. The highest BCUT2D eigenvalue weighted by molar-refractivity contribution is 9.10. The molecule has 0 spiro atoms. The molecule has 0 radical (unpaired) electrons. The van der Waals surface area contributed by atoms with E-state index in [-0.39, 0.29) is 5.82 Å². The average molecular weight is 302 g/mol. The number of aromatic nitrogens is 1. The molecule has 82 valence electrons. The molecular formula is C11H7BrClFN2. The predicted molar refractivity (Wildman–Crippen MR) is 66.6 cm³/mol. The molecule has 5 heteroatoms. The van der Waals surface area contributed by atoms with Gasteiger partial charge in [-0.3, -0.25) is 0 Å². The van der Waals surface area contributed by atoms with Crippen LogP contribution in [0.15, 0.2) is 40.9 Å². The fourth-order valence-corrected chi connectivity index (χ4v) is 1.61. The Morgan fingerprint density at radius 1 is 1.25 bits per heavy atom. The van der Waals surface area contributed by atoms with Crippen LogP contribution in [0.2, 0.25) is 5.15 Å². The van der Waals surface area contributed by atoms with Gasteiger partial charge in [0.15, 0.2) is 0 Å². The molecule has 0 saturated heterocycles. The molecule has 0 aliphatic heterocycles. The normalized spacial score (nSPS) is 10.2. The van der Waals surface area contributed by atoms with E-state index in [0.29, 0.717) is 21.1 Å². The van der Waals surface area contributed by atoms with E-state index in [9.17, 15) is 4.39 Å². The van der Waals surface area contributed by atoms with Gasteiger partial charge in [0.05, 0.1) is 4.47 Å². The molecule has 0 saturated carbocycles. The van der Waals surface area contributed by atoms with E-state index in [1.54, 1.807) is 30.3 Å². The van der Waals surface area contributed by atoms with Crippen molar-refractivity contribution in [3.63, 3.8) is 0 Å². The molecule has 2 nitrogen and oxygen atoms in total. The molecule has 16 heavy (non-hydrogen) atoms. The fraction of sp³-hybridized carbons (Fsp3) is 0. The third kappa shape index (κ3) is 2.71. The molecule has 0 unspecified atom stereocenters. The molecular weight excluding hydrogens is 294 g/mol. The topological polar surface area (TPSA) is 24.9 Å². The number of nitrogens with one attached hydrogen (secondary N) is 1. The Bertz CT molecular complexity index is 519. The van der Waals surface area contributed by atoms with Crippen LogP contribution < -0.4 is 5.32 Å². The standard InChI is InChI=1S/C11H7BrClFN2/c12-8-5-4-7(6-9(8)14)15-11-3-1-2-10(13)16-11/h1-6H,(H,15,16). The Balaban J connectivity index is 2.24. The Hall–Kier alpha value is -1.13. The quantitative estimate of drug-likeness (QED) is 0.833. The minimum Gasteiger partial charge on any atom is -0.340 e. The minimum atomic E-state index is -0.327. The molecule has 0 atom stereocenters. The van der Waals surface area contributed by atoms with Crippen molar-refractivity contribution in [2.75, 3.05) is 5.32 Å². The van der Waals surface area contributed by atoms with Crippen LogP contribution >= 0.6 is 27.5 Å². The minimum absolute atomic E-state index is 0.327. The van der Waals surface area contributed by atoms with E-state index in [4.69, 9.17) is 11.6 Å². The molecule has 0 fully saturated rings. The second kappa shape index (κ2) is 4.80. The lowest BCUT2D eigenvalue weighted by molar-refractivity contribution is 0.622. The van der Waals surface area contributed by atoms with E-state index >= 15 is 0 Å². The summed E-state index contributed by atoms with van der Waals surface area (Å²) in [5.74, 6) is 0.251. The van der Waals surface area contributed by atoms with E-state index in [1.807, 2.05) is 0 Å². The molecule has 1 N–H and O–H groups in total. The van der Waals surface area contributed by atoms with Crippen molar-refractivity contribution in [3.05, 3.63) is 51.8 Å². The zero-order valence-corrected chi connectivity index (χ0v) is 10.4. The number of anilines is 2. The zero-order valence-electron chi connectivity index (χ0n) is 8.05. The third-order valence-corrected chi connectivity index (χ3v) is 2.76. The smallest absolute Gasteiger partial charge is 0.139 e. The first-order valence-corrected chi connectivity index (χ1v) is 5.67. The molecule has 0 amide bonds. The van der Waals surface area contributed by atoms with Crippen LogP contribution in [0.3, 0.4) is 0 Å². The zero-order chi connectivity index (χ0) is 11.5. The van der Waals surface area contributed by atoms with Crippen LogP contribution in [0.5, 0.6) is 0 Å². The van der Waals surface area contributed by atoms with Crippen molar-refractivity contribution in [3.8, 4) is 0 Å². The summed E-state index contributed by atoms with van der Waals surface area (Å²) in [6.07, 6.45) is 0. The van der Waals surface area contributed by atoms with Gasteiger partial charge in [0, 0.05) is 5.69 Å². The first-order valence-electron chi connectivity index (χ1n) is 4.50. The van der Waals surface area contributed by atoms with Gasteiger partial charge in [-0.05, 0) is 46.3 Å². The van der Waals surface area contributed by atoms with Crippen molar-refractivity contribution >= 4 is 39.0 Å². The molecule has 0 aliphatic rings. The first-order chi connectivity index (χ1) is 7.65. The number of nitrogens with zero attached hydrogens (tertiary/aromatic N) is 1. The number of rotatable bonds is 2. The number of halogens is 3. The van der Waals surface area contributed by atoms with E-state index in [2.05, 4.69) is 26.2 Å². The third-order valence-electron chi connectivity index (χ3n) is 1.91. The number of pyridine rings is 1. The molecule has 2 aromatic rings. The number of hydrogen-bond acceptors (Lipinski definition) is 2. The summed E-state index contributed by atoms with van der Waals surface area (Å²) in [6, 6.07) is 9.96. The fourth-order valence-electron chi connectivity index (χ4n) is 1.20. The van der Waals surface area contributed by atoms with Crippen molar-refractivity contribution in [2.45, 2.75) is 0 Å². The van der Waals surface area contributed by atoms with Crippen LogP contribution in [0.1, 0.15) is 0 Å². The van der Waals surface area contributed by atoms with E-state index < -0.39 is 0 Å². The van der Waals surface area contributed by atoms with Gasteiger partial charge in [-0.15, -0.1) is 0 Å². The van der Waals surface area contributed by atoms with Gasteiger partial charge in [-0.2, -0.15) is 0 Å². The van der Waals surface area contributed by atoms with Gasteiger partial charge in [-0.1, -0.05) is 17.7 Å². The van der Waals surface area contributed by atoms with Crippen molar-refractivity contribution in [1.29, 1.82) is 0 Å². The van der Waals surface area contributed by atoms with Gasteiger partial charge >= 0.3 is 0 Å². The monoisotopic (exact) mass is 300 g/mol. The molecule has 1 heterocycles. The van der Waals surface area contributed by atoms with E-state index in [1.165, 1.54) is 6.07 Å². The van der Waals surface area contributed by atoms with Crippen LogP contribution in [0, 0.1) is 5.82 Å². The highest BCUT2D eigenvalue weighted by atomic mass is 79.9. The Labute approximate surface area is 106 Å². The maximum absolute atomic E-state index is 13.2. The van der Waals surface area contributed by atoms with Gasteiger partial charge in [0.25, 0.3) is 0 Å². The van der Waals surface area contributed by atoms with Crippen molar-refractivity contribution in [2.24, 2.45) is 0 Å². The largest absolute Gasteiger partial charge is 0.340 e.